The molecular formula is C25H19ClN2O5. The van der Waals surface area contributed by atoms with Gasteiger partial charge in [-0.2, -0.15) is 0 Å². The zero-order chi connectivity index (χ0) is 23.4. The number of hydrogen-bond acceptors (Lipinski definition) is 5. The molecule has 0 aliphatic carbocycles. The van der Waals surface area contributed by atoms with E-state index in [1.807, 2.05) is 12.1 Å². The Morgan fingerprint density at radius 3 is 2.36 bits per heavy atom. The van der Waals surface area contributed by atoms with Crippen LogP contribution < -0.4 is 19.7 Å². The molecule has 8 heteroatoms. The van der Waals surface area contributed by atoms with Gasteiger partial charge in [-0.05, 0) is 53.6 Å². The van der Waals surface area contributed by atoms with Gasteiger partial charge in [-0.3, -0.25) is 14.9 Å². The molecule has 3 aromatic rings. The summed E-state index contributed by atoms with van der Waals surface area (Å²) in [5, 5.41) is 2.85. The van der Waals surface area contributed by atoms with E-state index in [-0.39, 0.29) is 5.57 Å². The smallest absolute Gasteiger partial charge is 0.335 e. The number of para-hydroxylation sites is 1. The molecule has 0 aromatic heterocycles. The van der Waals surface area contributed by atoms with Crippen molar-refractivity contribution >= 4 is 41.2 Å². The van der Waals surface area contributed by atoms with E-state index in [1.165, 1.54) is 13.2 Å². The van der Waals surface area contributed by atoms with Crippen LogP contribution in [-0.4, -0.2) is 25.0 Å². The lowest BCUT2D eigenvalue weighted by molar-refractivity contribution is -0.122. The van der Waals surface area contributed by atoms with Crippen molar-refractivity contribution in [2.24, 2.45) is 0 Å². The van der Waals surface area contributed by atoms with E-state index in [2.05, 4.69) is 5.32 Å². The van der Waals surface area contributed by atoms with Crippen LogP contribution in [0.5, 0.6) is 11.5 Å². The second kappa shape index (κ2) is 9.58. The number of hydrogen-bond donors (Lipinski definition) is 1. The fourth-order valence-corrected chi connectivity index (χ4v) is 3.40. The van der Waals surface area contributed by atoms with Gasteiger partial charge in [0.1, 0.15) is 12.2 Å². The van der Waals surface area contributed by atoms with E-state index in [9.17, 15) is 14.4 Å². The molecule has 0 radical (unpaired) electrons. The molecule has 0 bridgehead atoms. The maximum Gasteiger partial charge on any atom is 0.335 e. The molecule has 0 spiro atoms. The molecule has 0 saturated carbocycles. The largest absolute Gasteiger partial charge is 0.493 e. The van der Waals surface area contributed by atoms with Gasteiger partial charge in [0, 0.05) is 5.02 Å². The molecule has 1 heterocycles. The summed E-state index contributed by atoms with van der Waals surface area (Å²) in [7, 11) is 1.50. The zero-order valence-corrected chi connectivity index (χ0v) is 18.3. The van der Waals surface area contributed by atoms with Gasteiger partial charge in [0.15, 0.2) is 11.5 Å². The second-order valence-corrected chi connectivity index (χ2v) is 7.56. The summed E-state index contributed by atoms with van der Waals surface area (Å²) in [6, 6.07) is 19.9. The van der Waals surface area contributed by atoms with Gasteiger partial charge in [-0.1, -0.05) is 48.0 Å². The number of anilines is 1. The van der Waals surface area contributed by atoms with E-state index >= 15 is 0 Å². The highest BCUT2D eigenvalue weighted by Crippen LogP contribution is 2.30. The van der Waals surface area contributed by atoms with Gasteiger partial charge in [0.25, 0.3) is 11.8 Å². The van der Waals surface area contributed by atoms with Crippen molar-refractivity contribution < 1.29 is 23.9 Å². The number of imide groups is 2. The number of nitrogens with one attached hydrogen (secondary N) is 1. The van der Waals surface area contributed by atoms with E-state index in [0.717, 1.165) is 10.5 Å². The fraction of sp³-hybridized carbons (Fsp3) is 0.0800. The number of ether oxygens (including phenoxy) is 2. The van der Waals surface area contributed by atoms with E-state index in [1.54, 1.807) is 60.7 Å². The Morgan fingerprint density at radius 1 is 0.939 bits per heavy atom. The van der Waals surface area contributed by atoms with Crippen molar-refractivity contribution in [1.29, 1.82) is 0 Å². The number of benzene rings is 3. The molecule has 4 rings (SSSR count). The first-order valence-corrected chi connectivity index (χ1v) is 10.4. The maximum absolute atomic E-state index is 13.0. The van der Waals surface area contributed by atoms with E-state index in [4.69, 9.17) is 21.1 Å². The maximum atomic E-state index is 13.0. The number of nitrogens with zero attached hydrogens (tertiary/aromatic N) is 1. The van der Waals surface area contributed by atoms with Crippen molar-refractivity contribution in [3.63, 3.8) is 0 Å². The third-order valence-corrected chi connectivity index (χ3v) is 5.17. The number of carbonyl (C=O) groups excluding carboxylic acids is 3. The number of methoxy groups -OCH3 is 1. The third-order valence-electron chi connectivity index (χ3n) is 4.92. The van der Waals surface area contributed by atoms with Crippen LogP contribution in [0.3, 0.4) is 0 Å². The first-order valence-electron chi connectivity index (χ1n) is 9.98. The molecular weight excluding hydrogens is 444 g/mol. The molecule has 33 heavy (non-hydrogen) atoms. The number of urea groups is 1. The van der Waals surface area contributed by atoms with Crippen LogP contribution in [0, 0.1) is 0 Å². The molecule has 1 saturated heterocycles. The molecule has 1 aliphatic heterocycles. The average Bonchev–Trinajstić information content (AvgIpc) is 2.82. The fourth-order valence-electron chi connectivity index (χ4n) is 3.27. The quantitative estimate of drug-likeness (QED) is 0.427. The second-order valence-electron chi connectivity index (χ2n) is 7.12. The van der Waals surface area contributed by atoms with Crippen LogP contribution in [0.4, 0.5) is 10.5 Å². The summed E-state index contributed by atoms with van der Waals surface area (Å²) in [5.74, 6) is -0.552. The van der Waals surface area contributed by atoms with Crippen LogP contribution >= 0.6 is 11.6 Å². The zero-order valence-electron chi connectivity index (χ0n) is 17.6. The standard InChI is InChI=1S/C25H19ClN2O5/c1-32-22-14-17(9-12-21(22)33-15-16-7-10-18(26)11-8-16)13-20-23(29)27-25(31)28(24(20)30)19-5-3-2-4-6-19/h2-14H,15H2,1H3,(H,27,29,31)/b20-13-. The van der Waals surface area contributed by atoms with E-state index in [0.29, 0.717) is 34.4 Å². The predicted octanol–water partition coefficient (Wildman–Crippen LogP) is 4.59. The lowest BCUT2D eigenvalue weighted by Gasteiger charge is -2.26. The first kappa shape index (κ1) is 22.1. The highest BCUT2D eigenvalue weighted by atomic mass is 35.5. The highest BCUT2D eigenvalue weighted by molar-refractivity contribution is 6.39. The molecule has 4 amide bonds. The monoisotopic (exact) mass is 462 g/mol. The van der Waals surface area contributed by atoms with Gasteiger partial charge in [-0.25, -0.2) is 9.69 Å². The lowest BCUT2D eigenvalue weighted by atomic mass is 10.1. The average molecular weight is 463 g/mol. The molecule has 7 nitrogen and oxygen atoms in total. The third kappa shape index (κ3) is 4.88. The molecule has 1 aliphatic rings. The first-order chi connectivity index (χ1) is 16.0. The summed E-state index contributed by atoms with van der Waals surface area (Å²) < 4.78 is 11.3. The Hall–Kier alpha value is -4.10. The van der Waals surface area contributed by atoms with Crippen LogP contribution in [0.25, 0.3) is 6.08 Å². The van der Waals surface area contributed by atoms with Gasteiger partial charge < -0.3 is 9.47 Å². The van der Waals surface area contributed by atoms with Crippen LogP contribution in [0.15, 0.2) is 78.4 Å². The van der Waals surface area contributed by atoms with Crippen LogP contribution in [-0.2, 0) is 16.2 Å². The Balaban J connectivity index is 1.58. The van der Waals surface area contributed by atoms with Gasteiger partial charge >= 0.3 is 6.03 Å². The molecule has 3 aromatic carbocycles. The minimum atomic E-state index is -0.795. The van der Waals surface area contributed by atoms with Crippen molar-refractivity contribution in [2.45, 2.75) is 6.61 Å². The van der Waals surface area contributed by atoms with Crippen LogP contribution in [0.1, 0.15) is 11.1 Å². The van der Waals surface area contributed by atoms with Gasteiger partial charge in [0.2, 0.25) is 0 Å². The number of carbonyl (C=O) groups is 3. The van der Waals surface area contributed by atoms with Crippen molar-refractivity contribution in [3.05, 3.63) is 94.5 Å². The topological polar surface area (TPSA) is 84.9 Å². The molecule has 166 valence electrons. The van der Waals surface area contributed by atoms with E-state index < -0.39 is 17.8 Å². The number of halogens is 1. The number of barbiturate groups is 1. The SMILES string of the molecule is COc1cc(/C=C2/C(=O)NC(=O)N(c3ccccc3)C2=O)ccc1OCc1ccc(Cl)cc1. The summed E-state index contributed by atoms with van der Waals surface area (Å²) in [6.07, 6.45) is 1.41. The Labute approximate surface area is 195 Å². The minimum Gasteiger partial charge on any atom is -0.493 e. The Kier molecular flexibility index (Phi) is 6.42. The molecule has 0 unspecified atom stereocenters. The summed E-state index contributed by atoms with van der Waals surface area (Å²) in [6.45, 7) is 0.309. The molecule has 1 fully saturated rings. The molecule has 0 atom stereocenters. The van der Waals surface area contributed by atoms with Crippen molar-refractivity contribution in [2.75, 3.05) is 12.0 Å². The highest BCUT2D eigenvalue weighted by Gasteiger charge is 2.36. The number of rotatable bonds is 6. The van der Waals surface area contributed by atoms with Crippen molar-refractivity contribution in [1.82, 2.24) is 5.32 Å². The minimum absolute atomic E-state index is 0.171. The lowest BCUT2D eigenvalue weighted by Crippen LogP contribution is -2.54. The molecule has 1 N–H and O–H groups in total. The number of amides is 4. The van der Waals surface area contributed by atoms with Crippen molar-refractivity contribution in [3.8, 4) is 11.5 Å². The Bertz CT molecular complexity index is 1240. The Morgan fingerprint density at radius 2 is 1.67 bits per heavy atom. The van der Waals surface area contributed by atoms with Crippen LogP contribution in [0.2, 0.25) is 5.02 Å². The summed E-state index contributed by atoms with van der Waals surface area (Å²) in [4.78, 5) is 38.5. The normalized spacial score (nSPS) is 14.9. The van der Waals surface area contributed by atoms with Gasteiger partial charge in [0.05, 0.1) is 12.8 Å². The predicted molar refractivity (Wildman–Crippen MR) is 124 cm³/mol. The van der Waals surface area contributed by atoms with Gasteiger partial charge in [-0.15, -0.1) is 0 Å². The summed E-state index contributed by atoms with van der Waals surface area (Å²) >= 11 is 5.91. The summed E-state index contributed by atoms with van der Waals surface area (Å²) in [5.41, 5.74) is 1.66.